The Labute approximate surface area is 286 Å². The van der Waals surface area contributed by atoms with Crippen molar-refractivity contribution >= 4 is 19.8 Å². The van der Waals surface area contributed by atoms with Gasteiger partial charge in [-0.25, -0.2) is 4.57 Å². The summed E-state index contributed by atoms with van der Waals surface area (Å²) >= 11 is 0. The first kappa shape index (κ1) is 46.0. The number of carbonyl (C=O) groups excluding carboxylic acids is 2. The van der Waals surface area contributed by atoms with Crippen LogP contribution in [-0.2, 0) is 32.7 Å². The van der Waals surface area contributed by atoms with Gasteiger partial charge in [0.15, 0.2) is 0 Å². The maximum atomic E-state index is 12.2. The van der Waals surface area contributed by atoms with Crippen LogP contribution in [0, 0.1) is 0 Å². The van der Waals surface area contributed by atoms with Crippen molar-refractivity contribution < 1.29 is 47.8 Å². The van der Waals surface area contributed by atoms with Crippen molar-refractivity contribution in [1.82, 2.24) is 0 Å². The number of hydrogen-bond acceptors (Lipinski definition) is 9. The summed E-state index contributed by atoms with van der Waals surface area (Å²) in [4.78, 5) is 34.0. The molecular weight excluding hydrogens is 623 g/mol. The summed E-state index contributed by atoms with van der Waals surface area (Å²) in [5, 5.41) is 18.9. The second-order valence-corrected chi connectivity index (χ2v) is 14.4. The van der Waals surface area contributed by atoms with Gasteiger partial charge in [-0.3, -0.25) is 18.6 Å². The SMILES string of the molecule is CCCCCCCCCCCCCCCCCCCCCCC(=O)OC(CO)COP(=O)(O)OCC(CO)OC(=O)CCCCCC. The fraction of sp³-hybridized carbons (Fsp3) is 0.944. The van der Waals surface area contributed by atoms with Gasteiger partial charge in [-0.05, 0) is 12.8 Å². The fourth-order valence-corrected chi connectivity index (χ4v) is 6.13. The molecule has 0 aromatic carbocycles. The number of hydrogen-bond donors (Lipinski definition) is 3. The Bertz CT molecular complexity index is 766. The molecule has 0 aliphatic carbocycles. The molecule has 0 saturated carbocycles. The van der Waals surface area contributed by atoms with Gasteiger partial charge in [0.05, 0.1) is 26.4 Å². The molecule has 0 bridgehead atoms. The quantitative estimate of drug-likeness (QED) is 0.0329. The van der Waals surface area contributed by atoms with Crippen molar-refractivity contribution in [2.24, 2.45) is 0 Å². The number of esters is 2. The van der Waals surface area contributed by atoms with Crippen LogP contribution in [0.1, 0.15) is 181 Å². The van der Waals surface area contributed by atoms with Gasteiger partial charge in [-0.15, -0.1) is 0 Å². The van der Waals surface area contributed by atoms with Crippen LogP contribution in [0.3, 0.4) is 0 Å². The zero-order valence-electron chi connectivity index (χ0n) is 30.0. The van der Waals surface area contributed by atoms with Gasteiger partial charge in [0.2, 0.25) is 0 Å². The van der Waals surface area contributed by atoms with E-state index in [-0.39, 0.29) is 12.8 Å². The molecule has 0 rings (SSSR count). The summed E-state index contributed by atoms with van der Waals surface area (Å²) in [6.45, 7) is 2.06. The zero-order valence-corrected chi connectivity index (χ0v) is 30.9. The molecule has 0 radical (unpaired) electrons. The number of aliphatic hydroxyl groups is 2. The van der Waals surface area contributed by atoms with Crippen LogP contribution in [0.2, 0.25) is 0 Å². The lowest BCUT2D eigenvalue weighted by Gasteiger charge is -2.20. The monoisotopic (exact) mass is 694 g/mol. The van der Waals surface area contributed by atoms with Crippen LogP contribution in [0.25, 0.3) is 0 Å². The van der Waals surface area contributed by atoms with Crippen molar-refractivity contribution in [1.29, 1.82) is 0 Å². The molecule has 47 heavy (non-hydrogen) atoms. The highest BCUT2D eigenvalue weighted by Crippen LogP contribution is 2.43. The molecule has 3 N–H and O–H groups in total. The van der Waals surface area contributed by atoms with E-state index in [0.717, 1.165) is 38.5 Å². The van der Waals surface area contributed by atoms with Crippen LogP contribution < -0.4 is 0 Å². The van der Waals surface area contributed by atoms with Gasteiger partial charge in [0.25, 0.3) is 0 Å². The third-order valence-electron chi connectivity index (χ3n) is 8.32. The minimum Gasteiger partial charge on any atom is -0.457 e. The lowest BCUT2D eigenvalue weighted by atomic mass is 10.0. The van der Waals surface area contributed by atoms with E-state index in [1.54, 1.807) is 0 Å². The molecule has 0 aromatic rings. The lowest BCUT2D eigenvalue weighted by molar-refractivity contribution is -0.153. The summed E-state index contributed by atoms with van der Waals surface area (Å²) in [6, 6.07) is 0. The van der Waals surface area contributed by atoms with Gasteiger partial charge in [0, 0.05) is 12.8 Å². The van der Waals surface area contributed by atoms with Crippen molar-refractivity contribution in [3.8, 4) is 0 Å². The molecule has 0 aromatic heterocycles. The van der Waals surface area contributed by atoms with Crippen molar-refractivity contribution in [3.63, 3.8) is 0 Å². The van der Waals surface area contributed by atoms with Crippen LogP contribution in [0.15, 0.2) is 0 Å². The molecule has 0 aliphatic heterocycles. The Balaban J connectivity index is 3.78. The molecule has 0 fully saturated rings. The molecule has 0 heterocycles. The summed E-state index contributed by atoms with van der Waals surface area (Å²) in [7, 11) is -4.61. The molecule has 11 heteroatoms. The first-order chi connectivity index (χ1) is 22.8. The molecule has 10 nitrogen and oxygen atoms in total. The molecule has 0 aliphatic rings. The van der Waals surface area contributed by atoms with Gasteiger partial charge in [-0.1, -0.05) is 155 Å². The Morgan fingerprint density at radius 1 is 0.489 bits per heavy atom. The predicted octanol–water partition coefficient (Wildman–Crippen LogP) is 9.11. The average molecular weight is 695 g/mol. The summed E-state index contributed by atoms with van der Waals surface area (Å²) < 4.78 is 32.1. The molecule has 3 atom stereocenters. The van der Waals surface area contributed by atoms with E-state index in [1.807, 2.05) is 0 Å². The number of phosphoric acid groups is 1. The van der Waals surface area contributed by atoms with E-state index in [4.69, 9.17) is 18.5 Å². The molecule has 0 saturated heterocycles. The van der Waals surface area contributed by atoms with Crippen LogP contribution in [0.5, 0.6) is 0 Å². The molecule has 280 valence electrons. The Morgan fingerprint density at radius 2 is 0.745 bits per heavy atom. The predicted molar refractivity (Wildman–Crippen MR) is 187 cm³/mol. The second kappa shape index (κ2) is 33.5. The average Bonchev–Trinajstić information content (AvgIpc) is 3.06. The van der Waals surface area contributed by atoms with Crippen molar-refractivity contribution in [3.05, 3.63) is 0 Å². The maximum absolute atomic E-state index is 12.2. The Hall–Kier alpha value is -1.03. The van der Waals surface area contributed by atoms with E-state index >= 15 is 0 Å². The van der Waals surface area contributed by atoms with Gasteiger partial charge in [-0.2, -0.15) is 0 Å². The first-order valence-electron chi connectivity index (χ1n) is 19.0. The lowest BCUT2D eigenvalue weighted by Crippen LogP contribution is -2.28. The van der Waals surface area contributed by atoms with Crippen LogP contribution in [0.4, 0.5) is 0 Å². The molecule has 0 amide bonds. The van der Waals surface area contributed by atoms with Gasteiger partial charge < -0.3 is 24.6 Å². The topological polar surface area (TPSA) is 149 Å². The van der Waals surface area contributed by atoms with Gasteiger partial charge >= 0.3 is 19.8 Å². The second-order valence-electron chi connectivity index (χ2n) is 12.9. The highest BCUT2D eigenvalue weighted by Gasteiger charge is 2.27. The van der Waals surface area contributed by atoms with E-state index in [1.165, 1.54) is 103 Å². The van der Waals surface area contributed by atoms with Gasteiger partial charge in [0.1, 0.15) is 12.2 Å². The Morgan fingerprint density at radius 3 is 1.02 bits per heavy atom. The van der Waals surface area contributed by atoms with Crippen LogP contribution in [-0.4, -0.2) is 65.7 Å². The third-order valence-corrected chi connectivity index (χ3v) is 9.27. The number of rotatable bonds is 36. The van der Waals surface area contributed by atoms with Crippen LogP contribution >= 0.6 is 7.82 Å². The van der Waals surface area contributed by atoms with E-state index in [2.05, 4.69) is 13.8 Å². The Kier molecular flexibility index (Phi) is 32.7. The number of carbonyl (C=O) groups is 2. The first-order valence-corrected chi connectivity index (χ1v) is 20.5. The standard InChI is InChI=1S/C36H71O10P/c1-3-5-7-9-10-11-12-13-14-15-16-17-18-19-20-21-22-23-24-26-28-36(40)46-34(30-38)32-44-47(41,42)43-31-33(29-37)45-35(39)27-25-8-6-4-2/h33-34,37-38H,3-32H2,1-2H3,(H,41,42). The number of aliphatic hydroxyl groups excluding tert-OH is 2. The van der Waals surface area contributed by atoms with E-state index in [0.29, 0.717) is 12.8 Å². The number of unbranched alkanes of at least 4 members (excludes halogenated alkanes) is 22. The maximum Gasteiger partial charge on any atom is 0.472 e. The van der Waals surface area contributed by atoms with Crippen molar-refractivity contribution in [2.45, 2.75) is 193 Å². The number of phosphoric ester groups is 1. The molecular formula is C36H71O10P. The molecule has 0 spiro atoms. The minimum atomic E-state index is -4.61. The fourth-order valence-electron chi connectivity index (χ4n) is 5.35. The summed E-state index contributed by atoms with van der Waals surface area (Å²) in [6.07, 6.45) is 27.3. The van der Waals surface area contributed by atoms with E-state index < -0.39 is 58.4 Å². The largest absolute Gasteiger partial charge is 0.472 e. The van der Waals surface area contributed by atoms with Crippen molar-refractivity contribution in [2.75, 3.05) is 26.4 Å². The summed E-state index contributed by atoms with van der Waals surface area (Å²) in [5.41, 5.74) is 0. The third kappa shape index (κ3) is 32.0. The minimum absolute atomic E-state index is 0.187. The zero-order chi connectivity index (χ0) is 34.9. The highest BCUT2D eigenvalue weighted by atomic mass is 31.2. The normalized spacial score (nSPS) is 14.1. The highest BCUT2D eigenvalue weighted by molar-refractivity contribution is 7.47. The van der Waals surface area contributed by atoms with E-state index in [9.17, 15) is 29.3 Å². The smallest absolute Gasteiger partial charge is 0.457 e. The number of ether oxygens (including phenoxy) is 2. The molecule has 3 unspecified atom stereocenters. The summed E-state index contributed by atoms with van der Waals surface area (Å²) in [5.74, 6) is -1.03.